The molecule has 19 heavy (non-hydrogen) atoms. The Morgan fingerprint density at radius 2 is 1.89 bits per heavy atom. The van der Waals surface area contributed by atoms with Crippen molar-refractivity contribution in [2.75, 3.05) is 11.1 Å². The second-order valence-corrected chi connectivity index (χ2v) is 4.54. The summed E-state index contributed by atoms with van der Waals surface area (Å²) in [6.07, 6.45) is 0.208. The average Bonchev–Trinajstić information content (AvgIpc) is 2.30. The minimum absolute atomic E-state index is 0.0183. The summed E-state index contributed by atoms with van der Waals surface area (Å²) >= 11 is 11.3. The molecule has 98 valence electrons. The van der Waals surface area contributed by atoms with Gasteiger partial charge < -0.3 is 11.1 Å². The van der Waals surface area contributed by atoms with E-state index >= 15 is 0 Å². The van der Waals surface area contributed by atoms with Crippen molar-refractivity contribution < 1.29 is 4.79 Å². The van der Waals surface area contributed by atoms with Gasteiger partial charge in [-0.15, -0.1) is 0 Å². The highest BCUT2D eigenvalue weighted by atomic mass is 35.5. The van der Waals surface area contributed by atoms with Crippen molar-refractivity contribution >= 4 is 40.6 Å². The van der Waals surface area contributed by atoms with Crippen LogP contribution in [0, 0.1) is 0 Å². The molecule has 5 nitrogen and oxygen atoms in total. The Hall–Kier alpha value is -1.85. The highest BCUT2D eigenvalue weighted by molar-refractivity contribution is 6.32. The largest absolute Gasteiger partial charge is 0.399 e. The first-order chi connectivity index (χ1) is 9.02. The van der Waals surface area contributed by atoms with E-state index in [1.54, 1.807) is 24.3 Å². The minimum atomic E-state index is -0.226. The number of rotatable bonds is 3. The smallest absolute Gasteiger partial charge is 0.229 e. The van der Waals surface area contributed by atoms with Crippen molar-refractivity contribution in [3.63, 3.8) is 0 Å². The number of carbonyl (C=O) groups is 1. The molecule has 3 N–H and O–H groups in total. The maximum absolute atomic E-state index is 11.8. The molecule has 0 radical (unpaired) electrons. The van der Waals surface area contributed by atoms with E-state index in [1.165, 1.54) is 6.07 Å². The summed E-state index contributed by atoms with van der Waals surface area (Å²) in [7, 11) is 0. The number of nitrogens with two attached hydrogens (primary N) is 1. The van der Waals surface area contributed by atoms with Gasteiger partial charge in [-0.1, -0.05) is 23.7 Å². The zero-order valence-electron chi connectivity index (χ0n) is 9.73. The second kappa shape index (κ2) is 5.86. The van der Waals surface area contributed by atoms with Crippen LogP contribution in [0.5, 0.6) is 0 Å². The summed E-state index contributed by atoms with van der Waals surface area (Å²) in [6.45, 7) is 0. The first-order valence-corrected chi connectivity index (χ1v) is 6.13. The Bertz CT molecular complexity index is 581. The van der Waals surface area contributed by atoms with Crippen molar-refractivity contribution in [3.05, 3.63) is 46.3 Å². The molecule has 1 aromatic heterocycles. The first kappa shape index (κ1) is 13.6. The van der Waals surface area contributed by atoms with Crippen LogP contribution in [0.15, 0.2) is 30.3 Å². The molecule has 0 spiro atoms. The summed E-state index contributed by atoms with van der Waals surface area (Å²) in [5.41, 5.74) is 7.06. The van der Waals surface area contributed by atoms with E-state index in [2.05, 4.69) is 15.3 Å². The molecule has 1 aromatic carbocycles. The molecule has 0 atom stereocenters. The van der Waals surface area contributed by atoms with E-state index in [0.29, 0.717) is 5.69 Å². The molecule has 2 aromatic rings. The van der Waals surface area contributed by atoms with E-state index in [-0.39, 0.29) is 28.6 Å². The average molecular weight is 297 g/mol. The Balaban J connectivity index is 2.03. The molecular weight excluding hydrogens is 287 g/mol. The molecule has 1 amide bonds. The second-order valence-electron chi connectivity index (χ2n) is 3.81. The molecule has 0 saturated heterocycles. The number of halogens is 2. The molecule has 0 aliphatic rings. The Kier molecular flexibility index (Phi) is 4.19. The topological polar surface area (TPSA) is 80.9 Å². The number of nitrogens with one attached hydrogen (secondary N) is 1. The molecule has 0 fully saturated rings. The first-order valence-electron chi connectivity index (χ1n) is 5.37. The van der Waals surface area contributed by atoms with Gasteiger partial charge in [-0.05, 0) is 29.3 Å². The molecule has 1 heterocycles. The van der Waals surface area contributed by atoms with Gasteiger partial charge in [-0.25, -0.2) is 9.97 Å². The number of hydrogen-bond donors (Lipinski definition) is 2. The Morgan fingerprint density at radius 1 is 1.21 bits per heavy atom. The number of carbonyl (C=O) groups excluding carboxylic acids is 1. The molecule has 0 saturated carbocycles. The zero-order chi connectivity index (χ0) is 13.8. The lowest BCUT2D eigenvalue weighted by atomic mass is 10.1. The number of anilines is 2. The van der Waals surface area contributed by atoms with Crippen LogP contribution in [-0.2, 0) is 11.2 Å². The van der Waals surface area contributed by atoms with Crippen molar-refractivity contribution in [2.24, 2.45) is 0 Å². The maximum Gasteiger partial charge on any atom is 0.229 e. The fraction of sp³-hybridized carbons (Fsp3) is 0.0833. The van der Waals surface area contributed by atoms with Gasteiger partial charge in [0.25, 0.3) is 0 Å². The summed E-state index contributed by atoms with van der Waals surface area (Å²) < 4.78 is 0. The van der Waals surface area contributed by atoms with Crippen molar-refractivity contribution in [3.8, 4) is 0 Å². The monoisotopic (exact) mass is 296 g/mol. The van der Waals surface area contributed by atoms with Crippen molar-refractivity contribution in [1.29, 1.82) is 0 Å². The van der Waals surface area contributed by atoms with Gasteiger partial charge >= 0.3 is 0 Å². The zero-order valence-corrected chi connectivity index (χ0v) is 11.2. The van der Waals surface area contributed by atoms with Gasteiger partial charge in [0.15, 0.2) is 0 Å². The molecule has 0 aliphatic carbocycles. The van der Waals surface area contributed by atoms with Crippen LogP contribution in [-0.4, -0.2) is 15.9 Å². The van der Waals surface area contributed by atoms with E-state index < -0.39 is 0 Å². The molecular formula is C12H10Cl2N4O. The van der Waals surface area contributed by atoms with Crippen LogP contribution in [0.3, 0.4) is 0 Å². The lowest BCUT2D eigenvalue weighted by Crippen LogP contribution is -2.15. The third-order valence-corrected chi connectivity index (χ3v) is 2.64. The van der Waals surface area contributed by atoms with Crippen LogP contribution >= 0.6 is 23.2 Å². The molecule has 0 unspecified atom stereocenters. The van der Waals surface area contributed by atoms with Crippen LogP contribution in [0.1, 0.15) is 5.56 Å². The van der Waals surface area contributed by atoms with Gasteiger partial charge in [0.2, 0.25) is 11.2 Å². The number of benzene rings is 1. The highest BCUT2D eigenvalue weighted by Crippen LogP contribution is 2.15. The Morgan fingerprint density at radius 3 is 2.53 bits per heavy atom. The minimum Gasteiger partial charge on any atom is -0.399 e. The van der Waals surface area contributed by atoms with E-state index in [4.69, 9.17) is 28.9 Å². The fourth-order valence-corrected chi connectivity index (χ4v) is 1.87. The SMILES string of the molecule is Nc1ccc(CC(=O)Nc2cc(Cl)nc(Cl)n2)cc1. The van der Waals surface area contributed by atoms with Gasteiger partial charge in [0, 0.05) is 11.8 Å². The Labute approximate surface area is 119 Å². The van der Waals surface area contributed by atoms with Crippen LogP contribution < -0.4 is 11.1 Å². The van der Waals surface area contributed by atoms with Crippen LogP contribution in [0.4, 0.5) is 11.5 Å². The van der Waals surface area contributed by atoms with E-state index in [1.807, 2.05) is 0 Å². The van der Waals surface area contributed by atoms with E-state index in [0.717, 1.165) is 5.56 Å². The summed E-state index contributed by atoms with van der Waals surface area (Å²) in [6, 6.07) is 8.47. The summed E-state index contributed by atoms with van der Waals surface area (Å²) in [5.74, 6) is 0.0426. The van der Waals surface area contributed by atoms with Crippen molar-refractivity contribution in [1.82, 2.24) is 9.97 Å². The summed E-state index contributed by atoms with van der Waals surface area (Å²) in [4.78, 5) is 19.3. The fourth-order valence-electron chi connectivity index (χ4n) is 1.46. The van der Waals surface area contributed by atoms with E-state index in [9.17, 15) is 4.79 Å². The highest BCUT2D eigenvalue weighted by Gasteiger charge is 2.07. The summed E-state index contributed by atoms with van der Waals surface area (Å²) in [5, 5.41) is 2.75. The van der Waals surface area contributed by atoms with Crippen LogP contribution in [0.25, 0.3) is 0 Å². The molecule has 7 heteroatoms. The molecule has 0 aliphatic heterocycles. The number of hydrogen-bond acceptors (Lipinski definition) is 4. The number of amides is 1. The van der Waals surface area contributed by atoms with Gasteiger partial charge in [0.05, 0.1) is 6.42 Å². The third-order valence-electron chi connectivity index (χ3n) is 2.28. The quantitative estimate of drug-likeness (QED) is 0.518. The van der Waals surface area contributed by atoms with Crippen molar-refractivity contribution in [2.45, 2.75) is 6.42 Å². The number of nitrogens with zero attached hydrogens (tertiary/aromatic N) is 2. The molecule has 2 rings (SSSR count). The van der Waals surface area contributed by atoms with Crippen LogP contribution in [0.2, 0.25) is 10.4 Å². The van der Waals surface area contributed by atoms with Gasteiger partial charge in [-0.2, -0.15) is 0 Å². The lowest BCUT2D eigenvalue weighted by molar-refractivity contribution is -0.115. The normalized spacial score (nSPS) is 10.2. The maximum atomic E-state index is 11.8. The number of aromatic nitrogens is 2. The lowest BCUT2D eigenvalue weighted by Gasteiger charge is -2.05. The predicted molar refractivity (Wildman–Crippen MR) is 75.2 cm³/mol. The predicted octanol–water partition coefficient (Wildman–Crippen LogP) is 2.55. The number of nitrogen functional groups attached to an aromatic ring is 1. The van der Waals surface area contributed by atoms with Gasteiger partial charge in [0.1, 0.15) is 11.0 Å². The van der Waals surface area contributed by atoms with Gasteiger partial charge in [-0.3, -0.25) is 4.79 Å². The molecule has 0 bridgehead atoms. The standard InChI is InChI=1S/C12H10Cl2N4O/c13-9-6-10(18-12(14)16-9)17-11(19)5-7-1-3-8(15)4-2-7/h1-4,6H,5,15H2,(H,16,17,18,19). The third kappa shape index (κ3) is 4.08.